The normalized spacial score (nSPS) is 16.5. The van der Waals surface area contributed by atoms with Crippen LogP contribution in [0.25, 0.3) is 10.9 Å². The monoisotopic (exact) mass is 400 g/mol. The maximum atomic E-state index is 13.1. The van der Waals surface area contributed by atoms with E-state index in [0.29, 0.717) is 24.5 Å². The largest absolute Gasteiger partial charge is 0.383 e. The van der Waals surface area contributed by atoms with Crippen molar-refractivity contribution < 1.29 is 4.74 Å². The first kappa shape index (κ1) is 19.1. The third-order valence-corrected chi connectivity index (χ3v) is 6.08. The van der Waals surface area contributed by atoms with E-state index in [-0.39, 0.29) is 11.6 Å². The Kier molecular flexibility index (Phi) is 5.74. The summed E-state index contributed by atoms with van der Waals surface area (Å²) in [7, 11) is 1.65. The molecule has 0 spiro atoms. The first-order chi connectivity index (χ1) is 13.7. The van der Waals surface area contributed by atoms with E-state index in [9.17, 15) is 4.79 Å². The van der Waals surface area contributed by atoms with E-state index in [2.05, 4.69) is 25.4 Å². The number of ether oxygens (including phenoxy) is 1. The molecule has 1 saturated heterocycles. The predicted molar refractivity (Wildman–Crippen MR) is 110 cm³/mol. The highest BCUT2D eigenvalue weighted by atomic mass is 32.2. The quantitative estimate of drug-likeness (QED) is 0.672. The summed E-state index contributed by atoms with van der Waals surface area (Å²) in [6.45, 7) is 4.83. The molecule has 4 rings (SSSR count). The summed E-state index contributed by atoms with van der Waals surface area (Å²) in [5.41, 5.74) is 2.52. The van der Waals surface area contributed by atoms with Crippen molar-refractivity contribution in [3.63, 3.8) is 0 Å². The second-order valence-electron chi connectivity index (χ2n) is 6.90. The van der Waals surface area contributed by atoms with Gasteiger partial charge in [0, 0.05) is 37.3 Å². The molecule has 8 nitrogen and oxygen atoms in total. The molecule has 28 heavy (non-hydrogen) atoms. The van der Waals surface area contributed by atoms with Gasteiger partial charge in [-0.15, -0.1) is 5.10 Å². The lowest BCUT2D eigenvalue weighted by molar-refractivity contribution is 0.176. The van der Waals surface area contributed by atoms with Crippen molar-refractivity contribution in [1.82, 2.24) is 30.1 Å². The highest BCUT2D eigenvalue weighted by molar-refractivity contribution is 7.99. The van der Waals surface area contributed by atoms with Crippen LogP contribution in [0, 0.1) is 6.92 Å². The summed E-state index contributed by atoms with van der Waals surface area (Å²) in [5.74, 6) is 2.74. The summed E-state index contributed by atoms with van der Waals surface area (Å²) in [6, 6.07) is 7.74. The number of methoxy groups -OCH3 is 1. The molecule has 0 saturated carbocycles. The minimum atomic E-state index is -0.290. The van der Waals surface area contributed by atoms with Gasteiger partial charge in [-0.05, 0) is 34.4 Å². The number of pyridine rings is 1. The Labute approximate surface area is 167 Å². The van der Waals surface area contributed by atoms with Crippen molar-refractivity contribution in [2.75, 3.05) is 38.3 Å². The number of rotatable bonds is 6. The van der Waals surface area contributed by atoms with Gasteiger partial charge in [0.25, 0.3) is 5.56 Å². The van der Waals surface area contributed by atoms with Crippen LogP contribution in [-0.2, 0) is 11.3 Å². The van der Waals surface area contributed by atoms with E-state index in [1.807, 2.05) is 43.0 Å². The van der Waals surface area contributed by atoms with Gasteiger partial charge >= 0.3 is 0 Å². The number of para-hydroxylation sites is 1. The molecule has 0 aliphatic carbocycles. The molecule has 0 amide bonds. The van der Waals surface area contributed by atoms with E-state index in [4.69, 9.17) is 4.74 Å². The standard InChI is InChI=1S/C19H24N6O2S/c1-13-4-3-5-14-12-15(19(26)20-16(13)14)17(24-7-10-28-11-8-24)18-21-22-23-25(18)6-9-27-2/h3-5,12,17H,6-11H2,1-2H3,(H,20,26)/t17-/m0/s1. The zero-order chi connectivity index (χ0) is 19.5. The molecular formula is C19H24N6O2S. The molecule has 2 aromatic heterocycles. The number of aryl methyl sites for hydroxylation is 1. The molecule has 1 aromatic carbocycles. The molecule has 1 fully saturated rings. The molecular weight excluding hydrogens is 376 g/mol. The van der Waals surface area contributed by atoms with Crippen LogP contribution >= 0.6 is 11.8 Å². The zero-order valence-electron chi connectivity index (χ0n) is 16.1. The smallest absolute Gasteiger partial charge is 0.253 e. The Morgan fingerprint density at radius 3 is 2.93 bits per heavy atom. The zero-order valence-corrected chi connectivity index (χ0v) is 16.9. The fourth-order valence-electron chi connectivity index (χ4n) is 3.68. The number of H-pyrrole nitrogens is 1. The SMILES string of the molecule is COCCn1nnnc1[C@H](c1cc2cccc(C)c2[nH]c1=O)N1CCSCC1. The second kappa shape index (κ2) is 8.42. The third-order valence-electron chi connectivity index (χ3n) is 5.13. The van der Waals surface area contributed by atoms with E-state index in [1.54, 1.807) is 11.8 Å². The van der Waals surface area contributed by atoms with Crippen LogP contribution in [-0.4, -0.2) is 68.4 Å². The van der Waals surface area contributed by atoms with Crippen LogP contribution in [0.2, 0.25) is 0 Å². The van der Waals surface area contributed by atoms with Gasteiger partial charge in [0.1, 0.15) is 6.04 Å². The van der Waals surface area contributed by atoms with Crippen LogP contribution in [0.1, 0.15) is 23.0 Å². The van der Waals surface area contributed by atoms with Gasteiger partial charge in [-0.25, -0.2) is 4.68 Å². The van der Waals surface area contributed by atoms with Gasteiger partial charge in [-0.2, -0.15) is 11.8 Å². The van der Waals surface area contributed by atoms with E-state index < -0.39 is 0 Å². The number of fused-ring (bicyclic) bond motifs is 1. The molecule has 0 unspecified atom stereocenters. The fourth-order valence-corrected chi connectivity index (χ4v) is 4.61. The number of aromatic amines is 1. The van der Waals surface area contributed by atoms with E-state index >= 15 is 0 Å². The Balaban J connectivity index is 1.84. The van der Waals surface area contributed by atoms with Crippen LogP contribution in [0.4, 0.5) is 0 Å². The van der Waals surface area contributed by atoms with Crippen molar-refractivity contribution in [2.24, 2.45) is 0 Å². The van der Waals surface area contributed by atoms with Crippen LogP contribution < -0.4 is 5.56 Å². The lowest BCUT2D eigenvalue weighted by Crippen LogP contribution is -2.40. The van der Waals surface area contributed by atoms with Gasteiger partial charge in [-0.3, -0.25) is 9.69 Å². The lowest BCUT2D eigenvalue weighted by Gasteiger charge is -2.33. The third kappa shape index (κ3) is 3.69. The van der Waals surface area contributed by atoms with Gasteiger partial charge in [0.2, 0.25) is 0 Å². The number of nitrogens with one attached hydrogen (secondary N) is 1. The molecule has 3 heterocycles. The van der Waals surface area contributed by atoms with Gasteiger partial charge in [-0.1, -0.05) is 18.2 Å². The summed E-state index contributed by atoms with van der Waals surface area (Å²) >= 11 is 1.93. The highest BCUT2D eigenvalue weighted by Gasteiger charge is 2.31. The first-order valence-electron chi connectivity index (χ1n) is 9.38. The Morgan fingerprint density at radius 2 is 2.14 bits per heavy atom. The predicted octanol–water partition coefficient (Wildman–Crippen LogP) is 1.61. The average Bonchev–Trinajstić information content (AvgIpc) is 3.17. The Hall–Kier alpha value is -2.23. The average molecular weight is 401 g/mol. The summed E-state index contributed by atoms with van der Waals surface area (Å²) in [6.07, 6.45) is 0. The van der Waals surface area contributed by atoms with Crippen LogP contribution in [0.15, 0.2) is 29.1 Å². The van der Waals surface area contributed by atoms with Crippen LogP contribution in [0.5, 0.6) is 0 Å². The first-order valence-corrected chi connectivity index (χ1v) is 10.5. The Bertz CT molecular complexity index is 1010. The van der Waals surface area contributed by atoms with Crippen molar-refractivity contribution in [3.8, 4) is 0 Å². The summed E-state index contributed by atoms with van der Waals surface area (Å²) in [5, 5.41) is 13.3. The number of aromatic nitrogens is 5. The number of benzene rings is 1. The van der Waals surface area contributed by atoms with Gasteiger partial charge in [0.15, 0.2) is 5.82 Å². The van der Waals surface area contributed by atoms with Gasteiger partial charge < -0.3 is 9.72 Å². The number of thioether (sulfide) groups is 1. The number of nitrogens with zero attached hydrogens (tertiary/aromatic N) is 5. The topological polar surface area (TPSA) is 88.9 Å². The van der Waals surface area contributed by atoms with Crippen molar-refractivity contribution in [3.05, 3.63) is 51.6 Å². The van der Waals surface area contributed by atoms with Gasteiger partial charge in [0.05, 0.1) is 18.7 Å². The summed E-state index contributed by atoms with van der Waals surface area (Å²) < 4.78 is 6.94. The molecule has 1 atom stereocenters. The molecule has 0 bridgehead atoms. The molecule has 3 aromatic rings. The molecule has 1 aliphatic heterocycles. The van der Waals surface area contributed by atoms with Crippen LogP contribution in [0.3, 0.4) is 0 Å². The van der Waals surface area contributed by atoms with E-state index in [0.717, 1.165) is 41.1 Å². The fraction of sp³-hybridized carbons (Fsp3) is 0.474. The molecule has 1 N–H and O–H groups in total. The lowest BCUT2D eigenvalue weighted by atomic mass is 10.0. The van der Waals surface area contributed by atoms with Crippen molar-refractivity contribution in [1.29, 1.82) is 0 Å². The molecule has 1 aliphatic rings. The summed E-state index contributed by atoms with van der Waals surface area (Å²) in [4.78, 5) is 18.5. The Morgan fingerprint density at radius 1 is 1.32 bits per heavy atom. The maximum Gasteiger partial charge on any atom is 0.253 e. The van der Waals surface area contributed by atoms with Crippen molar-refractivity contribution >= 4 is 22.7 Å². The molecule has 0 radical (unpaired) electrons. The minimum absolute atomic E-state index is 0.0914. The second-order valence-corrected chi connectivity index (χ2v) is 8.12. The highest BCUT2D eigenvalue weighted by Crippen LogP contribution is 2.29. The number of tetrazole rings is 1. The minimum Gasteiger partial charge on any atom is -0.383 e. The van der Waals surface area contributed by atoms with E-state index in [1.165, 1.54) is 0 Å². The maximum absolute atomic E-state index is 13.1. The number of hydrogen-bond donors (Lipinski definition) is 1. The number of hydrogen-bond acceptors (Lipinski definition) is 7. The molecule has 9 heteroatoms. The molecule has 148 valence electrons. The van der Waals surface area contributed by atoms with Crippen molar-refractivity contribution in [2.45, 2.75) is 19.5 Å².